The third-order valence-electron chi connectivity index (χ3n) is 4.06. The average Bonchev–Trinajstić information content (AvgIpc) is 3.14. The average molecular weight is 416 g/mol. The van der Waals surface area contributed by atoms with Crippen molar-refractivity contribution in [3.8, 4) is 11.5 Å². The van der Waals surface area contributed by atoms with E-state index in [-0.39, 0.29) is 18.5 Å². The molecule has 0 fully saturated rings. The van der Waals surface area contributed by atoms with Crippen LogP contribution in [0.15, 0.2) is 59.0 Å². The van der Waals surface area contributed by atoms with Crippen LogP contribution in [0.1, 0.15) is 25.3 Å². The summed E-state index contributed by atoms with van der Waals surface area (Å²) in [6.07, 6.45) is 3.28. The molecule has 0 spiro atoms. The molecule has 0 saturated carbocycles. The molecule has 0 atom stereocenters. The first-order chi connectivity index (χ1) is 13.4. The minimum atomic E-state index is -0.142. The van der Waals surface area contributed by atoms with Crippen molar-refractivity contribution in [1.29, 1.82) is 0 Å². The monoisotopic (exact) mass is 415 g/mol. The van der Waals surface area contributed by atoms with Crippen LogP contribution < -0.4 is 0 Å². The highest BCUT2D eigenvalue weighted by Crippen LogP contribution is 2.21. The number of aromatic nitrogens is 2. The van der Waals surface area contributed by atoms with Crippen LogP contribution in [-0.2, 0) is 11.3 Å². The van der Waals surface area contributed by atoms with Gasteiger partial charge in [0.15, 0.2) is 0 Å². The third-order valence-corrected chi connectivity index (χ3v) is 4.56. The van der Waals surface area contributed by atoms with Gasteiger partial charge in [0, 0.05) is 27.7 Å². The van der Waals surface area contributed by atoms with Crippen molar-refractivity contribution in [2.45, 2.75) is 26.4 Å². The number of benzene rings is 2. The van der Waals surface area contributed by atoms with Gasteiger partial charge in [0.25, 0.3) is 0 Å². The fourth-order valence-corrected chi connectivity index (χ4v) is 2.78. The van der Waals surface area contributed by atoms with Crippen molar-refractivity contribution in [3.05, 3.63) is 76.1 Å². The largest absolute Gasteiger partial charge is 0.419 e. The topological polar surface area (TPSA) is 59.2 Å². The standard InChI is InChI=1S/C21H19Cl2N3O2/c1-14(2)26(20(27)12-5-15-3-8-17(22)9-4-15)13-19-24-25-21(28-19)16-6-10-18(23)11-7-16/h3-12,14H,13H2,1-2H3/b12-5+. The van der Waals surface area contributed by atoms with Gasteiger partial charge in [0.05, 0.1) is 6.54 Å². The Hall–Kier alpha value is -2.63. The first-order valence-electron chi connectivity index (χ1n) is 8.75. The molecular weight excluding hydrogens is 397 g/mol. The van der Waals surface area contributed by atoms with Crippen LogP contribution in [0.5, 0.6) is 0 Å². The summed E-state index contributed by atoms with van der Waals surface area (Å²) in [4.78, 5) is 14.3. The number of hydrogen-bond donors (Lipinski definition) is 0. The first kappa shape index (κ1) is 20.1. The lowest BCUT2D eigenvalue weighted by Crippen LogP contribution is -2.35. The van der Waals surface area contributed by atoms with Gasteiger partial charge in [0.1, 0.15) is 0 Å². The van der Waals surface area contributed by atoms with E-state index in [4.69, 9.17) is 27.6 Å². The van der Waals surface area contributed by atoms with Crippen molar-refractivity contribution in [2.24, 2.45) is 0 Å². The first-order valence-corrected chi connectivity index (χ1v) is 9.50. The van der Waals surface area contributed by atoms with Crippen LogP contribution in [-0.4, -0.2) is 27.0 Å². The fourth-order valence-electron chi connectivity index (χ4n) is 2.52. The second-order valence-corrected chi connectivity index (χ2v) is 7.33. The number of amides is 1. The Bertz CT molecular complexity index is 964. The molecule has 0 bridgehead atoms. The molecule has 3 rings (SSSR count). The Kier molecular flexibility index (Phi) is 6.49. The van der Waals surface area contributed by atoms with E-state index in [1.807, 2.05) is 26.0 Å². The predicted octanol–water partition coefficient (Wildman–Crippen LogP) is 5.49. The normalized spacial score (nSPS) is 11.3. The number of halogens is 2. The summed E-state index contributed by atoms with van der Waals surface area (Å²) in [6.45, 7) is 4.09. The van der Waals surface area contributed by atoms with Crippen LogP contribution in [0.25, 0.3) is 17.5 Å². The lowest BCUT2D eigenvalue weighted by Gasteiger charge is -2.23. The Morgan fingerprint density at radius 2 is 1.64 bits per heavy atom. The maximum Gasteiger partial charge on any atom is 0.247 e. The molecule has 0 aliphatic carbocycles. The Balaban J connectivity index is 1.71. The number of rotatable bonds is 6. The summed E-state index contributed by atoms with van der Waals surface area (Å²) in [7, 11) is 0. The van der Waals surface area contributed by atoms with Gasteiger partial charge in [-0.15, -0.1) is 10.2 Å². The van der Waals surface area contributed by atoms with Gasteiger partial charge in [-0.25, -0.2) is 0 Å². The van der Waals surface area contributed by atoms with Crippen LogP contribution in [0.3, 0.4) is 0 Å². The summed E-state index contributed by atoms with van der Waals surface area (Å²) < 4.78 is 5.72. The molecule has 0 N–H and O–H groups in total. The van der Waals surface area contributed by atoms with Crippen molar-refractivity contribution in [3.63, 3.8) is 0 Å². The Morgan fingerprint density at radius 1 is 1.04 bits per heavy atom. The van der Waals surface area contributed by atoms with Crippen molar-refractivity contribution in [1.82, 2.24) is 15.1 Å². The van der Waals surface area contributed by atoms with Gasteiger partial charge in [0.2, 0.25) is 17.7 Å². The summed E-state index contributed by atoms with van der Waals surface area (Å²) >= 11 is 11.8. The quantitative estimate of drug-likeness (QED) is 0.499. The summed E-state index contributed by atoms with van der Waals surface area (Å²) in [6, 6.07) is 14.3. The molecule has 0 saturated heterocycles. The zero-order chi connectivity index (χ0) is 20.1. The third kappa shape index (κ3) is 5.21. The second kappa shape index (κ2) is 9.04. The number of carbonyl (C=O) groups excluding carboxylic acids is 1. The van der Waals surface area contributed by atoms with E-state index in [9.17, 15) is 4.79 Å². The SMILES string of the molecule is CC(C)N(Cc1nnc(-c2ccc(Cl)cc2)o1)C(=O)/C=C/c1ccc(Cl)cc1. The minimum Gasteiger partial charge on any atom is -0.419 e. The van der Waals surface area contributed by atoms with Crippen LogP contribution in [0, 0.1) is 0 Å². The summed E-state index contributed by atoms with van der Waals surface area (Å²) in [5, 5.41) is 9.41. The number of carbonyl (C=O) groups is 1. The molecule has 1 amide bonds. The van der Waals surface area contributed by atoms with E-state index < -0.39 is 0 Å². The Labute approximate surface area is 173 Å². The smallest absolute Gasteiger partial charge is 0.247 e. The molecule has 2 aromatic carbocycles. The molecule has 0 aliphatic rings. The molecule has 28 heavy (non-hydrogen) atoms. The van der Waals surface area contributed by atoms with E-state index in [1.165, 1.54) is 6.08 Å². The van der Waals surface area contributed by atoms with E-state index in [2.05, 4.69) is 10.2 Å². The Morgan fingerprint density at radius 3 is 2.25 bits per heavy atom. The number of nitrogens with zero attached hydrogens (tertiary/aromatic N) is 3. The maximum absolute atomic E-state index is 12.7. The highest BCUT2D eigenvalue weighted by atomic mass is 35.5. The van der Waals surface area contributed by atoms with E-state index in [1.54, 1.807) is 47.4 Å². The van der Waals surface area contributed by atoms with Crippen LogP contribution >= 0.6 is 23.2 Å². The number of hydrogen-bond acceptors (Lipinski definition) is 4. The van der Waals surface area contributed by atoms with Gasteiger partial charge in [-0.2, -0.15) is 0 Å². The molecule has 5 nitrogen and oxygen atoms in total. The molecule has 144 valence electrons. The molecule has 3 aromatic rings. The predicted molar refractivity (Wildman–Crippen MR) is 111 cm³/mol. The van der Waals surface area contributed by atoms with Gasteiger partial charge in [-0.3, -0.25) is 4.79 Å². The van der Waals surface area contributed by atoms with E-state index >= 15 is 0 Å². The summed E-state index contributed by atoms with van der Waals surface area (Å²) in [5.41, 5.74) is 1.66. The summed E-state index contributed by atoms with van der Waals surface area (Å²) in [5.74, 6) is 0.614. The molecule has 1 heterocycles. The van der Waals surface area contributed by atoms with E-state index in [0.29, 0.717) is 21.8 Å². The van der Waals surface area contributed by atoms with Gasteiger partial charge in [-0.05, 0) is 61.9 Å². The molecule has 0 unspecified atom stereocenters. The van der Waals surface area contributed by atoms with Crippen molar-refractivity contribution >= 4 is 35.2 Å². The second-order valence-electron chi connectivity index (χ2n) is 6.45. The zero-order valence-corrected chi connectivity index (χ0v) is 17.0. The molecule has 7 heteroatoms. The molecule has 0 radical (unpaired) electrons. The van der Waals surface area contributed by atoms with Gasteiger partial charge >= 0.3 is 0 Å². The van der Waals surface area contributed by atoms with Crippen molar-refractivity contribution in [2.75, 3.05) is 0 Å². The van der Waals surface area contributed by atoms with Crippen LogP contribution in [0.4, 0.5) is 0 Å². The van der Waals surface area contributed by atoms with E-state index in [0.717, 1.165) is 11.1 Å². The van der Waals surface area contributed by atoms with Gasteiger partial charge in [-0.1, -0.05) is 35.3 Å². The lowest BCUT2D eigenvalue weighted by molar-refractivity contribution is -0.128. The maximum atomic E-state index is 12.7. The van der Waals surface area contributed by atoms with Crippen LogP contribution in [0.2, 0.25) is 10.0 Å². The minimum absolute atomic E-state index is 0.0340. The lowest BCUT2D eigenvalue weighted by atomic mass is 10.2. The molecule has 1 aromatic heterocycles. The van der Waals surface area contributed by atoms with Crippen molar-refractivity contribution < 1.29 is 9.21 Å². The highest BCUT2D eigenvalue weighted by Gasteiger charge is 2.19. The molecular formula is C21H19Cl2N3O2. The highest BCUT2D eigenvalue weighted by molar-refractivity contribution is 6.30. The zero-order valence-electron chi connectivity index (χ0n) is 15.5. The molecule has 0 aliphatic heterocycles. The fraction of sp³-hybridized carbons (Fsp3) is 0.190. The van der Waals surface area contributed by atoms with Gasteiger partial charge < -0.3 is 9.32 Å².